The van der Waals surface area contributed by atoms with Crippen molar-refractivity contribution in [2.75, 3.05) is 14.2 Å². The highest BCUT2D eigenvalue weighted by molar-refractivity contribution is 6.33. The molecule has 0 aromatic heterocycles. The zero-order chi connectivity index (χ0) is 14.5. The number of methoxy groups -OCH3 is 2. The molecular weight excluding hydrogens is 278 g/mol. The van der Waals surface area contributed by atoms with Crippen LogP contribution < -0.4 is 14.8 Å². The molecule has 1 aromatic rings. The summed E-state index contributed by atoms with van der Waals surface area (Å²) in [4.78, 5) is 0. The summed E-state index contributed by atoms with van der Waals surface area (Å²) in [5, 5.41) is 13.6. The lowest BCUT2D eigenvalue weighted by Crippen LogP contribution is -2.34. The molecule has 112 valence electrons. The van der Waals surface area contributed by atoms with Crippen molar-refractivity contribution in [3.63, 3.8) is 0 Å². The smallest absolute Gasteiger partial charge is 0.179 e. The third kappa shape index (κ3) is 3.57. The molecule has 0 amide bonds. The summed E-state index contributed by atoms with van der Waals surface area (Å²) in [6, 6.07) is 4.27. The molecule has 0 aliphatic heterocycles. The SMILES string of the molecule is COc1ccc(CNC2CCC(O)CC2)c(Cl)c1OC. The first-order chi connectivity index (χ1) is 9.65. The quantitative estimate of drug-likeness (QED) is 0.878. The molecule has 0 unspecified atom stereocenters. The van der Waals surface area contributed by atoms with Crippen LogP contribution in [0.3, 0.4) is 0 Å². The minimum Gasteiger partial charge on any atom is -0.493 e. The molecule has 0 saturated heterocycles. The maximum Gasteiger partial charge on any atom is 0.179 e. The zero-order valence-corrected chi connectivity index (χ0v) is 12.7. The Bertz CT molecular complexity index is 445. The minimum absolute atomic E-state index is 0.127. The number of rotatable bonds is 5. The van der Waals surface area contributed by atoms with E-state index in [4.69, 9.17) is 21.1 Å². The molecule has 20 heavy (non-hydrogen) atoms. The van der Waals surface area contributed by atoms with E-state index in [0.717, 1.165) is 31.2 Å². The molecular formula is C15H22ClNO3. The molecule has 0 heterocycles. The van der Waals surface area contributed by atoms with Gasteiger partial charge in [0.05, 0.1) is 25.3 Å². The molecule has 0 atom stereocenters. The fourth-order valence-corrected chi connectivity index (χ4v) is 2.90. The third-order valence-electron chi connectivity index (χ3n) is 3.84. The van der Waals surface area contributed by atoms with Crippen LogP contribution in [0.15, 0.2) is 12.1 Å². The Morgan fingerprint density at radius 2 is 1.90 bits per heavy atom. The van der Waals surface area contributed by atoms with Gasteiger partial charge in [-0.1, -0.05) is 17.7 Å². The van der Waals surface area contributed by atoms with Gasteiger partial charge in [0.2, 0.25) is 0 Å². The Hall–Kier alpha value is -0.970. The molecule has 2 rings (SSSR count). The van der Waals surface area contributed by atoms with E-state index in [1.807, 2.05) is 12.1 Å². The van der Waals surface area contributed by atoms with Crippen molar-refractivity contribution in [1.29, 1.82) is 0 Å². The van der Waals surface area contributed by atoms with Gasteiger partial charge < -0.3 is 19.9 Å². The van der Waals surface area contributed by atoms with E-state index in [1.54, 1.807) is 14.2 Å². The molecule has 4 nitrogen and oxygen atoms in total. The van der Waals surface area contributed by atoms with Crippen molar-refractivity contribution in [3.8, 4) is 11.5 Å². The van der Waals surface area contributed by atoms with E-state index in [1.165, 1.54) is 0 Å². The van der Waals surface area contributed by atoms with E-state index >= 15 is 0 Å². The molecule has 0 radical (unpaired) electrons. The van der Waals surface area contributed by atoms with Crippen LogP contribution in [-0.4, -0.2) is 31.5 Å². The zero-order valence-electron chi connectivity index (χ0n) is 12.0. The molecule has 0 spiro atoms. The van der Waals surface area contributed by atoms with Gasteiger partial charge in [0.25, 0.3) is 0 Å². The monoisotopic (exact) mass is 299 g/mol. The summed E-state index contributed by atoms with van der Waals surface area (Å²) in [6.07, 6.45) is 3.63. The molecule has 1 aliphatic rings. The van der Waals surface area contributed by atoms with Gasteiger partial charge in [-0.2, -0.15) is 0 Å². The van der Waals surface area contributed by atoms with Gasteiger partial charge in [-0.3, -0.25) is 0 Å². The molecule has 1 fully saturated rings. The van der Waals surface area contributed by atoms with Crippen molar-refractivity contribution in [2.24, 2.45) is 0 Å². The number of aliphatic hydroxyl groups is 1. The molecule has 1 aliphatic carbocycles. The fraction of sp³-hybridized carbons (Fsp3) is 0.600. The third-order valence-corrected chi connectivity index (χ3v) is 4.26. The van der Waals surface area contributed by atoms with Gasteiger partial charge in [0.15, 0.2) is 11.5 Å². The molecule has 5 heteroatoms. The molecule has 2 N–H and O–H groups in total. The van der Waals surface area contributed by atoms with Crippen LogP contribution in [0.5, 0.6) is 11.5 Å². The van der Waals surface area contributed by atoms with Crippen LogP contribution in [0.1, 0.15) is 31.2 Å². The number of halogens is 1. The summed E-state index contributed by atoms with van der Waals surface area (Å²) >= 11 is 6.35. The second-order valence-electron chi connectivity index (χ2n) is 5.16. The highest BCUT2D eigenvalue weighted by Crippen LogP contribution is 2.37. The van der Waals surface area contributed by atoms with Crippen LogP contribution in [0, 0.1) is 0 Å². The Labute approximate surface area is 125 Å². The first kappa shape index (κ1) is 15.4. The van der Waals surface area contributed by atoms with Gasteiger partial charge >= 0.3 is 0 Å². The number of benzene rings is 1. The van der Waals surface area contributed by atoms with Crippen LogP contribution in [0.2, 0.25) is 5.02 Å². The van der Waals surface area contributed by atoms with E-state index in [2.05, 4.69) is 5.32 Å². The van der Waals surface area contributed by atoms with Crippen LogP contribution in [-0.2, 0) is 6.54 Å². The molecule has 1 aromatic carbocycles. The van der Waals surface area contributed by atoms with Crippen LogP contribution in [0.25, 0.3) is 0 Å². The molecule has 1 saturated carbocycles. The largest absolute Gasteiger partial charge is 0.493 e. The predicted octanol–water partition coefficient (Wildman–Crippen LogP) is 2.75. The van der Waals surface area contributed by atoms with Gasteiger partial charge in [-0.05, 0) is 37.3 Å². The lowest BCUT2D eigenvalue weighted by atomic mass is 9.93. The Morgan fingerprint density at radius 3 is 2.50 bits per heavy atom. The lowest BCUT2D eigenvalue weighted by Gasteiger charge is -2.26. The number of hydrogen-bond acceptors (Lipinski definition) is 4. The standard InChI is InChI=1S/C15H22ClNO3/c1-19-13-8-3-10(14(16)15(13)20-2)9-17-11-4-6-12(18)7-5-11/h3,8,11-12,17-18H,4-7,9H2,1-2H3. The van der Waals surface area contributed by atoms with Gasteiger partial charge in [0, 0.05) is 12.6 Å². The average Bonchev–Trinajstić information content (AvgIpc) is 2.47. The number of ether oxygens (including phenoxy) is 2. The van der Waals surface area contributed by atoms with Crippen molar-refractivity contribution in [1.82, 2.24) is 5.32 Å². The highest BCUT2D eigenvalue weighted by atomic mass is 35.5. The van der Waals surface area contributed by atoms with E-state index in [9.17, 15) is 5.11 Å². The van der Waals surface area contributed by atoms with Gasteiger partial charge in [-0.15, -0.1) is 0 Å². The summed E-state index contributed by atoms with van der Waals surface area (Å²) in [7, 11) is 3.18. The summed E-state index contributed by atoms with van der Waals surface area (Å²) in [6.45, 7) is 0.694. The highest BCUT2D eigenvalue weighted by Gasteiger charge is 2.19. The van der Waals surface area contributed by atoms with Gasteiger partial charge in [0.1, 0.15) is 0 Å². The maximum absolute atomic E-state index is 9.50. The van der Waals surface area contributed by atoms with E-state index < -0.39 is 0 Å². The lowest BCUT2D eigenvalue weighted by molar-refractivity contribution is 0.116. The first-order valence-corrected chi connectivity index (χ1v) is 7.34. The van der Waals surface area contributed by atoms with Gasteiger partial charge in [-0.25, -0.2) is 0 Å². The molecule has 0 bridgehead atoms. The first-order valence-electron chi connectivity index (χ1n) is 6.96. The van der Waals surface area contributed by atoms with Crippen molar-refractivity contribution in [3.05, 3.63) is 22.7 Å². The Morgan fingerprint density at radius 1 is 1.20 bits per heavy atom. The number of nitrogens with one attached hydrogen (secondary N) is 1. The van der Waals surface area contributed by atoms with E-state index in [0.29, 0.717) is 29.1 Å². The van der Waals surface area contributed by atoms with Crippen LogP contribution >= 0.6 is 11.6 Å². The van der Waals surface area contributed by atoms with Crippen molar-refractivity contribution < 1.29 is 14.6 Å². The summed E-state index contributed by atoms with van der Waals surface area (Å²) in [5.74, 6) is 1.22. The number of hydrogen-bond donors (Lipinski definition) is 2. The van der Waals surface area contributed by atoms with Crippen LogP contribution in [0.4, 0.5) is 0 Å². The normalized spacial score (nSPS) is 22.6. The van der Waals surface area contributed by atoms with Crippen molar-refractivity contribution >= 4 is 11.6 Å². The minimum atomic E-state index is -0.127. The average molecular weight is 300 g/mol. The maximum atomic E-state index is 9.50. The topological polar surface area (TPSA) is 50.7 Å². The van der Waals surface area contributed by atoms with Crippen molar-refractivity contribution in [2.45, 2.75) is 44.4 Å². The summed E-state index contributed by atoms with van der Waals surface area (Å²) in [5.41, 5.74) is 0.996. The Kier molecular flexibility index (Phi) is 5.52. The fourth-order valence-electron chi connectivity index (χ4n) is 2.60. The second-order valence-corrected chi connectivity index (χ2v) is 5.54. The Balaban J connectivity index is 1.99. The second kappa shape index (κ2) is 7.16. The number of aliphatic hydroxyl groups excluding tert-OH is 1. The predicted molar refractivity (Wildman–Crippen MR) is 79.7 cm³/mol. The van der Waals surface area contributed by atoms with E-state index in [-0.39, 0.29) is 6.10 Å². The summed E-state index contributed by atoms with van der Waals surface area (Å²) < 4.78 is 10.5.